The van der Waals surface area contributed by atoms with Crippen molar-refractivity contribution in [3.8, 4) is 5.75 Å². The summed E-state index contributed by atoms with van der Waals surface area (Å²) in [6, 6.07) is 4.98. The van der Waals surface area contributed by atoms with Gasteiger partial charge in [0, 0.05) is 17.2 Å². The molecule has 0 saturated heterocycles. The number of nitrogens with zero attached hydrogens (tertiary/aromatic N) is 1. The molecule has 0 aliphatic rings. The van der Waals surface area contributed by atoms with Crippen molar-refractivity contribution in [3.05, 3.63) is 27.3 Å². The van der Waals surface area contributed by atoms with Crippen molar-refractivity contribution < 1.29 is 9.90 Å². The van der Waals surface area contributed by atoms with E-state index >= 15 is 0 Å². The highest BCUT2D eigenvalue weighted by molar-refractivity contribution is 14.1. The van der Waals surface area contributed by atoms with Gasteiger partial charge in [-0.25, -0.2) is 0 Å². The highest BCUT2D eigenvalue weighted by atomic mass is 127. The number of amides is 1. The Bertz CT molecular complexity index is 447. The molecule has 0 radical (unpaired) electrons. The van der Waals surface area contributed by atoms with Crippen LogP contribution in [0.15, 0.2) is 18.2 Å². The Morgan fingerprint density at radius 2 is 2.11 bits per heavy atom. The highest BCUT2D eigenvalue weighted by Crippen LogP contribution is 2.22. The SMILES string of the molecule is CN(CC(C)(C)CN)C(=O)c1cc(I)ccc1O. The summed E-state index contributed by atoms with van der Waals surface area (Å²) in [6.07, 6.45) is 0. The van der Waals surface area contributed by atoms with Crippen molar-refractivity contribution in [3.63, 3.8) is 0 Å². The number of benzene rings is 1. The van der Waals surface area contributed by atoms with Crippen LogP contribution < -0.4 is 5.73 Å². The standard InChI is InChI=1S/C13H19IN2O2/c1-13(2,7-15)8-16(3)12(18)10-6-9(14)4-5-11(10)17/h4-6,17H,7-8,15H2,1-3H3. The van der Waals surface area contributed by atoms with E-state index < -0.39 is 0 Å². The average Bonchev–Trinajstić information content (AvgIpc) is 2.31. The van der Waals surface area contributed by atoms with E-state index in [4.69, 9.17) is 5.73 Å². The van der Waals surface area contributed by atoms with Gasteiger partial charge in [-0.15, -0.1) is 0 Å². The Morgan fingerprint density at radius 3 is 2.67 bits per heavy atom. The van der Waals surface area contributed by atoms with E-state index in [1.54, 1.807) is 24.1 Å². The maximum absolute atomic E-state index is 12.2. The van der Waals surface area contributed by atoms with Gasteiger partial charge in [0.1, 0.15) is 5.75 Å². The van der Waals surface area contributed by atoms with Gasteiger partial charge in [-0.3, -0.25) is 4.79 Å². The molecule has 5 heteroatoms. The molecule has 1 aromatic rings. The van der Waals surface area contributed by atoms with Crippen LogP contribution in [0.2, 0.25) is 0 Å². The average molecular weight is 362 g/mol. The first-order valence-corrected chi connectivity index (χ1v) is 6.79. The number of carbonyl (C=O) groups is 1. The van der Waals surface area contributed by atoms with Gasteiger partial charge in [-0.1, -0.05) is 13.8 Å². The number of nitrogens with two attached hydrogens (primary N) is 1. The Balaban J connectivity index is 2.90. The van der Waals surface area contributed by atoms with Crippen molar-refractivity contribution in [2.75, 3.05) is 20.1 Å². The van der Waals surface area contributed by atoms with E-state index in [1.807, 2.05) is 13.8 Å². The van der Waals surface area contributed by atoms with Gasteiger partial charge in [0.25, 0.3) is 5.91 Å². The van der Waals surface area contributed by atoms with Crippen LogP contribution in [0.5, 0.6) is 5.75 Å². The number of phenolic OH excluding ortho intramolecular Hbond substituents is 1. The van der Waals surface area contributed by atoms with E-state index in [-0.39, 0.29) is 17.1 Å². The van der Waals surface area contributed by atoms with E-state index in [0.29, 0.717) is 18.7 Å². The van der Waals surface area contributed by atoms with Crippen LogP contribution in [0.4, 0.5) is 0 Å². The lowest BCUT2D eigenvalue weighted by molar-refractivity contribution is 0.0737. The van der Waals surface area contributed by atoms with Crippen molar-refractivity contribution in [1.82, 2.24) is 4.90 Å². The fourth-order valence-electron chi connectivity index (χ4n) is 1.66. The third-order valence-electron chi connectivity index (χ3n) is 2.75. The number of phenols is 1. The summed E-state index contributed by atoms with van der Waals surface area (Å²) in [6.45, 7) is 5.06. The molecule has 0 heterocycles. The monoisotopic (exact) mass is 362 g/mol. The number of aromatic hydroxyl groups is 1. The second kappa shape index (κ2) is 5.88. The quantitative estimate of drug-likeness (QED) is 0.806. The zero-order valence-electron chi connectivity index (χ0n) is 10.9. The minimum Gasteiger partial charge on any atom is -0.507 e. The smallest absolute Gasteiger partial charge is 0.257 e. The lowest BCUT2D eigenvalue weighted by atomic mass is 9.93. The number of rotatable bonds is 4. The molecule has 0 atom stereocenters. The van der Waals surface area contributed by atoms with Gasteiger partial charge in [0.2, 0.25) is 0 Å². The molecule has 1 amide bonds. The van der Waals surface area contributed by atoms with Crippen LogP contribution in [0.1, 0.15) is 24.2 Å². The molecule has 18 heavy (non-hydrogen) atoms. The lowest BCUT2D eigenvalue weighted by Gasteiger charge is -2.29. The Hall–Kier alpha value is -0.820. The maximum atomic E-state index is 12.2. The van der Waals surface area contributed by atoms with Crippen LogP contribution in [-0.4, -0.2) is 36.1 Å². The molecule has 1 rings (SSSR count). The first kappa shape index (κ1) is 15.2. The van der Waals surface area contributed by atoms with Crippen LogP contribution >= 0.6 is 22.6 Å². The molecule has 100 valence electrons. The summed E-state index contributed by atoms with van der Waals surface area (Å²) in [5, 5.41) is 9.73. The summed E-state index contributed by atoms with van der Waals surface area (Å²) in [7, 11) is 1.72. The third-order valence-corrected chi connectivity index (χ3v) is 3.42. The molecule has 4 nitrogen and oxygen atoms in total. The van der Waals surface area contributed by atoms with Crippen molar-refractivity contribution in [1.29, 1.82) is 0 Å². The maximum Gasteiger partial charge on any atom is 0.257 e. The van der Waals surface area contributed by atoms with Gasteiger partial charge in [0.15, 0.2) is 0 Å². The second-order valence-electron chi connectivity index (χ2n) is 5.19. The van der Waals surface area contributed by atoms with Crippen LogP contribution in [0.25, 0.3) is 0 Å². The topological polar surface area (TPSA) is 66.6 Å². The molecule has 0 aromatic heterocycles. The predicted octanol–water partition coefficient (Wildman–Crippen LogP) is 2.05. The molecule has 0 bridgehead atoms. The third kappa shape index (κ3) is 3.84. The number of hydrogen-bond donors (Lipinski definition) is 2. The van der Waals surface area contributed by atoms with E-state index in [0.717, 1.165) is 3.57 Å². The van der Waals surface area contributed by atoms with Crippen molar-refractivity contribution >= 4 is 28.5 Å². The molecular formula is C13H19IN2O2. The number of halogens is 1. The highest BCUT2D eigenvalue weighted by Gasteiger charge is 2.23. The summed E-state index contributed by atoms with van der Waals surface area (Å²) in [4.78, 5) is 13.8. The zero-order chi connectivity index (χ0) is 13.9. The summed E-state index contributed by atoms with van der Waals surface area (Å²) < 4.78 is 0.917. The second-order valence-corrected chi connectivity index (χ2v) is 6.44. The summed E-state index contributed by atoms with van der Waals surface area (Å²) in [5.74, 6) is -0.176. The minimum atomic E-state index is -0.187. The molecular weight excluding hydrogens is 343 g/mol. The Morgan fingerprint density at radius 1 is 1.50 bits per heavy atom. The van der Waals surface area contributed by atoms with Crippen LogP contribution in [0, 0.1) is 8.99 Å². The van der Waals surface area contributed by atoms with Gasteiger partial charge in [-0.2, -0.15) is 0 Å². The van der Waals surface area contributed by atoms with Crippen LogP contribution in [0.3, 0.4) is 0 Å². The molecule has 0 unspecified atom stereocenters. The van der Waals surface area contributed by atoms with E-state index in [9.17, 15) is 9.90 Å². The minimum absolute atomic E-state index is 0.0119. The largest absolute Gasteiger partial charge is 0.507 e. The number of hydrogen-bond acceptors (Lipinski definition) is 3. The first-order chi connectivity index (χ1) is 8.26. The zero-order valence-corrected chi connectivity index (χ0v) is 13.1. The fraction of sp³-hybridized carbons (Fsp3) is 0.462. The lowest BCUT2D eigenvalue weighted by Crippen LogP contribution is -2.39. The molecule has 0 fully saturated rings. The normalized spacial score (nSPS) is 11.4. The van der Waals surface area contributed by atoms with Gasteiger partial charge in [-0.05, 0) is 52.7 Å². The predicted molar refractivity (Wildman–Crippen MR) is 80.6 cm³/mol. The Kier molecular flexibility index (Phi) is 4.98. The molecule has 1 aromatic carbocycles. The van der Waals surface area contributed by atoms with Crippen molar-refractivity contribution in [2.45, 2.75) is 13.8 Å². The fourth-order valence-corrected chi connectivity index (χ4v) is 2.15. The molecule has 0 saturated carbocycles. The number of carbonyl (C=O) groups excluding carboxylic acids is 1. The van der Waals surface area contributed by atoms with Gasteiger partial charge in [0.05, 0.1) is 5.56 Å². The van der Waals surface area contributed by atoms with Gasteiger partial charge < -0.3 is 15.7 Å². The molecule has 0 aliphatic carbocycles. The Labute approximate surface area is 121 Å². The van der Waals surface area contributed by atoms with Gasteiger partial charge >= 0.3 is 0 Å². The van der Waals surface area contributed by atoms with E-state index in [2.05, 4.69) is 22.6 Å². The summed E-state index contributed by atoms with van der Waals surface area (Å²) in [5.41, 5.74) is 5.85. The van der Waals surface area contributed by atoms with Crippen LogP contribution in [-0.2, 0) is 0 Å². The molecule has 0 spiro atoms. The summed E-state index contributed by atoms with van der Waals surface area (Å²) >= 11 is 2.11. The van der Waals surface area contributed by atoms with E-state index in [1.165, 1.54) is 6.07 Å². The molecule has 0 aliphatic heterocycles. The first-order valence-electron chi connectivity index (χ1n) is 5.71. The van der Waals surface area contributed by atoms with Crippen molar-refractivity contribution in [2.24, 2.45) is 11.1 Å². The molecule has 3 N–H and O–H groups in total.